The molecule has 2 heteroatoms. The van der Waals surface area contributed by atoms with E-state index in [2.05, 4.69) is 81.1 Å². The molecule has 2 aromatic rings. The van der Waals surface area contributed by atoms with E-state index in [0.717, 1.165) is 18.8 Å². The van der Waals surface area contributed by atoms with Crippen LogP contribution >= 0.6 is 0 Å². The first-order valence-electron chi connectivity index (χ1n) is 8.12. The maximum atomic E-state index is 4.98. The number of rotatable bonds is 4. The molecule has 0 amide bonds. The van der Waals surface area contributed by atoms with E-state index in [1.807, 2.05) is 0 Å². The molecular weight excluding hydrogens is 268 g/mol. The Morgan fingerprint density at radius 2 is 1.59 bits per heavy atom. The zero-order chi connectivity index (χ0) is 15.7. The highest BCUT2D eigenvalue weighted by atomic mass is 15.1. The fourth-order valence-corrected chi connectivity index (χ4v) is 3.49. The average molecular weight is 292 g/mol. The van der Waals surface area contributed by atoms with Crippen molar-refractivity contribution in [3.63, 3.8) is 0 Å². The van der Waals surface area contributed by atoms with Crippen molar-refractivity contribution in [2.24, 2.45) is 4.99 Å². The van der Waals surface area contributed by atoms with E-state index in [1.165, 1.54) is 22.5 Å². The third-order valence-corrected chi connectivity index (χ3v) is 4.62. The Labute approximate surface area is 133 Å². The van der Waals surface area contributed by atoms with E-state index >= 15 is 0 Å². The summed E-state index contributed by atoms with van der Waals surface area (Å²) >= 11 is 0. The first-order valence-corrected chi connectivity index (χ1v) is 8.12. The van der Waals surface area contributed by atoms with Gasteiger partial charge in [-0.05, 0) is 45.4 Å². The molecule has 0 saturated heterocycles. The molecule has 2 nitrogen and oxygen atoms in total. The van der Waals surface area contributed by atoms with E-state index in [1.54, 1.807) is 0 Å². The lowest BCUT2D eigenvalue weighted by Crippen LogP contribution is -2.30. The van der Waals surface area contributed by atoms with Gasteiger partial charge in [-0.2, -0.15) is 0 Å². The highest BCUT2D eigenvalue weighted by molar-refractivity contribution is 6.13. The van der Waals surface area contributed by atoms with Crippen molar-refractivity contribution >= 4 is 17.1 Å². The van der Waals surface area contributed by atoms with Crippen LogP contribution in [0.25, 0.3) is 0 Å². The number of aliphatic imine (C=N–C) groups is 1. The van der Waals surface area contributed by atoms with Crippen LogP contribution in [0.1, 0.15) is 38.8 Å². The van der Waals surface area contributed by atoms with Crippen LogP contribution in [0.2, 0.25) is 0 Å². The van der Waals surface area contributed by atoms with Gasteiger partial charge in [0.1, 0.15) is 0 Å². The number of anilines is 1. The van der Waals surface area contributed by atoms with Gasteiger partial charge in [-0.15, -0.1) is 0 Å². The van der Waals surface area contributed by atoms with Crippen LogP contribution < -0.4 is 4.90 Å². The second-order valence-electron chi connectivity index (χ2n) is 6.29. The van der Waals surface area contributed by atoms with Crippen molar-refractivity contribution in [2.75, 3.05) is 18.0 Å². The molecule has 0 fully saturated rings. The molecule has 2 aromatic carbocycles. The summed E-state index contributed by atoms with van der Waals surface area (Å²) in [6, 6.07) is 17.0. The molecule has 0 atom stereocenters. The highest BCUT2D eigenvalue weighted by Crippen LogP contribution is 2.46. The predicted molar refractivity (Wildman–Crippen MR) is 95.7 cm³/mol. The van der Waals surface area contributed by atoms with Crippen LogP contribution in [-0.4, -0.2) is 18.8 Å². The summed E-state index contributed by atoms with van der Waals surface area (Å²) < 4.78 is 0. The zero-order valence-electron chi connectivity index (χ0n) is 13.9. The van der Waals surface area contributed by atoms with Crippen LogP contribution in [-0.2, 0) is 5.41 Å². The van der Waals surface area contributed by atoms with Crippen LogP contribution in [0, 0.1) is 0 Å². The van der Waals surface area contributed by atoms with Crippen molar-refractivity contribution in [1.82, 2.24) is 0 Å². The van der Waals surface area contributed by atoms with E-state index < -0.39 is 0 Å². The number of fused-ring (bicyclic) bond motifs is 1. The Kier molecular flexibility index (Phi) is 3.78. The largest absolute Gasteiger partial charge is 0.372 e. The lowest BCUT2D eigenvalue weighted by Gasteiger charge is -2.30. The Morgan fingerprint density at radius 1 is 0.909 bits per heavy atom. The fourth-order valence-electron chi connectivity index (χ4n) is 3.49. The first kappa shape index (κ1) is 14.8. The number of benzene rings is 2. The van der Waals surface area contributed by atoms with Crippen LogP contribution in [0.5, 0.6) is 0 Å². The second-order valence-corrected chi connectivity index (χ2v) is 6.29. The van der Waals surface area contributed by atoms with Gasteiger partial charge in [-0.1, -0.05) is 36.4 Å². The maximum Gasteiger partial charge on any atom is 0.0695 e. The lowest BCUT2D eigenvalue weighted by atomic mass is 9.78. The van der Waals surface area contributed by atoms with Gasteiger partial charge in [0, 0.05) is 29.8 Å². The van der Waals surface area contributed by atoms with Crippen molar-refractivity contribution < 1.29 is 0 Å². The fraction of sp³-hybridized carbons (Fsp3) is 0.350. The quantitative estimate of drug-likeness (QED) is 0.779. The van der Waals surface area contributed by atoms with Crippen molar-refractivity contribution in [1.29, 1.82) is 0 Å². The van der Waals surface area contributed by atoms with Gasteiger partial charge in [0.2, 0.25) is 0 Å². The Morgan fingerprint density at radius 3 is 2.23 bits per heavy atom. The van der Waals surface area contributed by atoms with Gasteiger partial charge in [-0.25, -0.2) is 0 Å². The molecule has 1 aliphatic heterocycles. The average Bonchev–Trinajstić information content (AvgIpc) is 2.81. The Bertz CT molecular complexity index is 695. The molecule has 0 aromatic heterocycles. The van der Waals surface area contributed by atoms with Crippen LogP contribution in [0.4, 0.5) is 11.4 Å². The van der Waals surface area contributed by atoms with Gasteiger partial charge in [-0.3, -0.25) is 4.99 Å². The minimum Gasteiger partial charge on any atom is -0.372 e. The molecule has 0 N–H and O–H groups in total. The van der Waals surface area contributed by atoms with Gasteiger partial charge in [0.15, 0.2) is 0 Å². The van der Waals surface area contributed by atoms with Gasteiger partial charge in [0.25, 0.3) is 0 Å². The minimum absolute atomic E-state index is 0.0735. The first-order chi connectivity index (χ1) is 10.6. The summed E-state index contributed by atoms with van der Waals surface area (Å²) in [4.78, 5) is 7.40. The Balaban J connectivity index is 2.14. The topological polar surface area (TPSA) is 15.6 Å². The molecule has 0 saturated carbocycles. The van der Waals surface area contributed by atoms with E-state index in [9.17, 15) is 0 Å². The predicted octanol–water partition coefficient (Wildman–Crippen LogP) is 4.94. The molecule has 0 radical (unpaired) electrons. The molecule has 1 aliphatic rings. The van der Waals surface area contributed by atoms with Crippen LogP contribution in [0.3, 0.4) is 0 Å². The smallest absolute Gasteiger partial charge is 0.0695 e. The summed E-state index contributed by atoms with van der Waals surface area (Å²) in [5.41, 5.74) is 6.11. The normalized spacial score (nSPS) is 15.4. The molecule has 0 spiro atoms. The summed E-state index contributed by atoms with van der Waals surface area (Å²) in [7, 11) is 0. The zero-order valence-corrected chi connectivity index (χ0v) is 13.9. The third-order valence-electron chi connectivity index (χ3n) is 4.62. The minimum atomic E-state index is -0.0735. The maximum absolute atomic E-state index is 4.98. The summed E-state index contributed by atoms with van der Waals surface area (Å²) in [6.07, 6.45) is 0. The van der Waals surface area contributed by atoms with Crippen LogP contribution in [0.15, 0.2) is 53.5 Å². The van der Waals surface area contributed by atoms with Gasteiger partial charge < -0.3 is 4.90 Å². The molecule has 0 bridgehead atoms. The standard InChI is InChI=1S/C20H24N2/c1-5-22(6-2)17-14-10-13-16-18(17)20(3,4)19(21-16)15-11-8-7-9-12-15/h7-14H,5-6H2,1-4H3. The highest BCUT2D eigenvalue weighted by Gasteiger charge is 2.38. The molecule has 0 unspecified atom stereocenters. The number of hydrogen-bond donors (Lipinski definition) is 0. The Hall–Kier alpha value is -2.09. The summed E-state index contributed by atoms with van der Waals surface area (Å²) in [5, 5.41) is 0. The van der Waals surface area contributed by atoms with E-state index in [0.29, 0.717) is 0 Å². The summed E-state index contributed by atoms with van der Waals surface area (Å²) in [6.45, 7) is 11.0. The van der Waals surface area contributed by atoms with Crippen molar-refractivity contribution in [3.05, 3.63) is 59.7 Å². The molecule has 0 aliphatic carbocycles. The molecule has 114 valence electrons. The monoisotopic (exact) mass is 292 g/mol. The van der Waals surface area contributed by atoms with Gasteiger partial charge >= 0.3 is 0 Å². The molecular formula is C20H24N2. The lowest BCUT2D eigenvalue weighted by molar-refractivity contribution is 0.726. The third kappa shape index (κ3) is 2.23. The molecule has 1 heterocycles. The summed E-state index contributed by atoms with van der Waals surface area (Å²) in [5.74, 6) is 0. The van der Waals surface area contributed by atoms with E-state index in [4.69, 9.17) is 4.99 Å². The number of hydrogen-bond acceptors (Lipinski definition) is 2. The second kappa shape index (κ2) is 5.60. The van der Waals surface area contributed by atoms with E-state index in [-0.39, 0.29) is 5.41 Å². The molecule has 3 rings (SSSR count). The van der Waals surface area contributed by atoms with Crippen molar-refractivity contribution in [2.45, 2.75) is 33.1 Å². The van der Waals surface area contributed by atoms with Crippen molar-refractivity contribution in [3.8, 4) is 0 Å². The molecule has 22 heavy (non-hydrogen) atoms. The number of nitrogens with zero attached hydrogens (tertiary/aromatic N) is 2. The SMILES string of the molecule is CCN(CC)c1cccc2c1C(C)(C)C(c1ccccc1)=N2. The van der Waals surface area contributed by atoms with Gasteiger partial charge in [0.05, 0.1) is 11.4 Å².